The number of hydrogen-bond acceptors (Lipinski definition) is 5. The van der Waals surface area contributed by atoms with Gasteiger partial charge in [-0.1, -0.05) is 6.07 Å². The van der Waals surface area contributed by atoms with Crippen molar-refractivity contribution >= 4 is 17.6 Å². The number of nitrogens with zero attached hydrogens (tertiary/aromatic N) is 3. The Bertz CT molecular complexity index is 844. The van der Waals surface area contributed by atoms with Gasteiger partial charge >= 0.3 is 0 Å². The number of nitrogens with one attached hydrogen (secondary N) is 3. The van der Waals surface area contributed by atoms with E-state index in [1.807, 2.05) is 13.0 Å². The number of rotatable bonds is 3. The first-order chi connectivity index (χ1) is 13.1. The summed E-state index contributed by atoms with van der Waals surface area (Å²) in [6.45, 7) is 4.56. The van der Waals surface area contributed by atoms with Crippen LogP contribution in [0.1, 0.15) is 40.2 Å². The lowest BCUT2D eigenvalue weighted by atomic mass is 9.96. The summed E-state index contributed by atoms with van der Waals surface area (Å²) in [6.07, 6.45) is 4.14. The van der Waals surface area contributed by atoms with Gasteiger partial charge in [-0.3, -0.25) is 14.7 Å². The standard InChI is InChI=1S/C19H24N6O2/c1-12-4-5-16(21-9-12)22-18(26)13-3-2-8-25(11-13)19(27)17-14-10-20-7-6-15(14)23-24-17/h4-5,9,13,20H,2-3,6-8,10-11H2,1H3,(H,23,24)(H,21,22,26). The minimum absolute atomic E-state index is 0.0884. The maximum Gasteiger partial charge on any atom is 0.274 e. The summed E-state index contributed by atoms with van der Waals surface area (Å²) in [7, 11) is 0. The molecule has 1 unspecified atom stereocenters. The normalized spacial score (nSPS) is 19.4. The molecule has 1 fully saturated rings. The molecule has 0 aliphatic carbocycles. The zero-order chi connectivity index (χ0) is 18.8. The maximum atomic E-state index is 13.0. The van der Waals surface area contributed by atoms with E-state index in [-0.39, 0.29) is 17.7 Å². The van der Waals surface area contributed by atoms with Gasteiger partial charge in [0.15, 0.2) is 5.69 Å². The molecular weight excluding hydrogens is 344 g/mol. The van der Waals surface area contributed by atoms with Gasteiger partial charge in [-0.15, -0.1) is 0 Å². The number of fused-ring (bicyclic) bond motifs is 1. The Balaban J connectivity index is 1.43. The van der Waals surface area contributed by atoms with Crippen LogP contribution in [0.4, 0.5) is 5.82 Å². The molecule has 2 aliphatic rings. The first kappa shape index (κ1) is 17.7. The molecule has 2 aromatic heterocycles. The van der Waals surface area contributed by atoms with Crippen molar-refractivity contribution in [3.05, 3.63) is 40.8 Å². The molecule has 4 heterocycles. The second kappa shape index (κ2) is 7.48. The molecule has 0 spiro atoms. The third-order valence-corrected chi connectivity index (χ3v) is 5.25. The van der Waals surface area contributed by atoms with Crippen LogP contribution in [0.2, 0.25) is 0 Å². The van der Waals surface area contributed by atoms with Crippen molar-refractivity contribution in [2.24, 2.45) is 5.92 Å². The fourth-order valence-corrected chi connectivity index (χ4v) is 3.70. The van der Waals surface area contributed by atoms with Gasteiger partial charge in [-0.25, -0.2) is 4.98 Å². The van der Waals surface area contributed by atoms with Gasteiger partial charge in [0.25, 0.3) is 5.91 Å². The molecule has 1 atom stereocenters. The maximum absolute atomic E-state index is 13.0. The van der Waals surface area contributed by atoms with Crippen molar-refractivity contribution in [3.63, 3.8) is 0 Å². The highest BCUT2D eigenvalue weighted by Crippen LogP contribution is 2.22. The van der Waals surface area contributed by atoms with Crippen molar-refractivity contribution in [2.45, 2.75) is 32.7 Å². The summed E-state index contributed by atoms with van der Waals surface area (Å²) in [5.74, 6) is 0.122. The van der Waals surface area contributed by atoms with Crippen LogP contribution in [-0.2, 0) is 17.8 Å². The van der Waals surface area contributed by atoms with Gasteiger partial charge in [0, 0.05) is 50.1 Å². The number of hydrogen-bond donors (Lipinski definition) is 3. The van der Waals surface area contributed by atoms with Crippen molar-refractivity contribution < 1.29 is 9.59 Å². The van der Waals surface area contributed by atoms with Crippen LogP contribution < -0.4 is 10.6 Å². The Hall–Kier alpha value is -2.74. The Morgan fingerprint density at radius 3 is 3.04 bits per heavy atom. The van der Waals surface area contributed by atoms with Crippen LogP contribution in [-0.4, -0.2) is 51.5 Å². The number of anilines is 1. The van der Waals surface area contributed by atoms with Crippen molar-refractivity contribution in [1.82, 2.24) is 25.4 Å². The second-order valence-corrected chi connectivity index (χ2v) is 7.26. The summed E-state index contributed by atoms with van der Waals surface area (Å²) in [4.78, 5) is 31.6. The number of piperidine rings is 1. The van der Waals surface area contributed by atoms with E-state index >= 15 is 0 Å². The number of likely N-dealkylation sites (tertiary alicyclic amines) is 1. The third-order valence-electron chi connectivity index (χ3n) is 5.25. The van der Waals surface area contributed by atoms with E-state index in [1.54, 1.807) is 17.2 Å². The summed E-state index contributed by atoms with van der Waals surface area (Å²) >= 11 is 0. The van der Waals surface area contributed by atoms with E-state index < -0.39 is 0 Å². The molecule has 27 heavy (non-hydrogen) atoms. The molecule has 0 bridgehead atoms. The molecule has 0 aromatic carbocycles. The van der Waals surface area contributed by atoms with Crippen molar-refractivity contribution in [1.29, 1.82) is 0 Å². The van der Waals surface area contributed by atoms with Crippen LogP contribution >= 0.6 is 0 Å². The first-order valence-corrected chi connectivity index (χ1v) is 9.41. The molecule has 1 saturated heterocycles. The number of carbonyl (C=O) groups is 2. The van der Waals surface area contributed by atoms with Gasteiger partial charge in [-0.05, 0) is 31.4 Å². The largest absolute Gasteiger partial charge is 0.336 e. The molecule has 4 rings (SSSR count). The minimum Gasteiger partial charge on any atom is -0.336 e. The molecule has 8 heteroatoms. The SMILES string of the molecule is Cc1ccc(NC(=O)C2CCCN(C(=O)c3n[nH]c4c3CNCC4)C2)nc1. The van der Waals surface area contributed by atoms with E-state index in [2.05, 4.69) is 25.8 Å². The number of pyridine rings is 1. The van der Waals surface area contributed by atoms with E-state index in [4.69, 9.17) is 0 Å². The zero-order valence-corrected chi connectivity index (χ0v) is 15.4. The number of aromatic amines is 1. The molecule has 8 nitrogen and oxygen atoms in total. The topological polar surface area (TPSA) is 103 Å². The average molecular weight is 368 g/mol. The van der Waals surface area contributed by atoms with Crippen LogP contribution in [0.25, 0.3) is 0 Å². The summed E-state index contributed by atoms with van der Waals surface area (Å²) in [5, 5.41) is 13.4. The number of H-pyrrole nitrogens is 1. The van der Waals surface area contributed by atoms with Crippen LogP contribution in [0.5, 0.6) is 0 Å². The van der Waals surface area contributed by atoms with Crippen LogP contribution in [0, 0.1) is 12.8 Å². The number of aromatic nitrogens is 3. The molecule has 142 valence electrons. The summed E-state index contributed by atoms with van der Waals surface area (Å²) in [5.41, 5.74) is 3.52. The fraction of sp³-hybridized carbons (Fsp3) is 0.474. The highest BCUT2D eigenvalue weighted by Gasteiger charge is 2.32. The number of aryl methyl sites for hydroxylation is 1. The molecular formula is C19H24N6O2. The lowest BCUT2D eigenvalue weighted by molar-refractivity contribution is -0.121. The number of amides is 2. The average Bonchev–Trinajstić information content (AvgIpc) is 3.13. The highest BCUT2D eigenvalue weighted by molar-refractivity contribution is 5.96. The van der Waals surface area contributed by atoms with E-state index in [9.17, 15) is 9.59 Å². The summed E-state index contributed by atoms with van der Waals surface area (Å²) in [6, 6.07) is 3.70. The third kappa shape index (κ3) is 3.71. The van der Waals surface area contributed by atoms with Gasteiger partial charge in [0.1, 0.15) is 5.82 Å². The minimum atomic E-state index is -0.237. The van der Waals surface area contributed by atoms with E-state index in [1.165, 1.54) is 0 Å². The quantitative estimate of drug-likeness (QED) is 0.757. The second-order valence-electron chi connectivity index (χ2n) is 7.26. The van der Waals surface area contributed by atoms with E-state index in [0.717, 1.165) is 42.6 Å². The molecule has 0 saturated carbocycles. The van der Waals surface area contributed by atoms with E-state index in [0.29, 0.717) is 31.1 Å². The van der Waals surface area contributed by atoms with Gasteiger partial charge in [0.05, 0.1) is 5.92 Å². The number of carbonyl (C=O) groups excluding carboxylic acids is 2. The molecule has 3 N–H and O–H groups in total. The molecule has 0 radical (unpaired) electrons. The molecule has 2 aromatic rings. The molecule has 2 aliphatic heterocycles. The van der Waals surface area contributed by atoms with Gasteiger partial charge in [0.2, 0.25) is 5.91 Å². The Morgan fingerprint density at radius 1 is 1.33 bits per heavy atom. The lowest BCUT2D eigenvalue weighted by Gasteiger charge is -2.31. The lowest BCUT2D eigenvalue weighted by Crippen LogP contribution is -2.44. The van der Waals surface area contributed by atoms with Crippen molar-refractivity contribution in [2.75, 3.05) is 25.0 Å². The predicted molar refractivity (Wildman–Crippen MR) is 100 cm³/mol. The van der Waals surface area contributed by atoms with Gasteiger partial charge in [-0.2, -0.15) is 5.10 Å². The Labute approximate surface area is 157 Å². The molecule has 2 amide bonds. The predicted octanol–water partition coefficient (Wildman–Crippen LogP) is 1.25. The summed E-state index contributed by atoms with van der Waals surface area (Å²) < 4.78 is 0. The van der Waals surface area contributed by atoms with Crippen LogP contribution in [0.15, 0.2) is 18.3 Å². The highest BCUT2D eigenvalue weighted by atomic mass is 16.2. The monoisotopic (exact) mass is 368 g/mol. The Kier molecular flexibility index (Phi) is 4.89. The van der Waals surface area contributed by atoms with Gasteiger partial charge < -0.3 is 15.5 Å². The first-order valence-electron chi connectivity index (χ1n) is 9.41. The zero-order valence-electron chi connectivity index (χ0n) is 15.4. The van der Waals surface area contributed by atoms with Crippen LogP contribution in [0.3, 0.4) is 0 Å². The Morgan fingerprint density at radius 2 is 2.22 bits per heavy atom. The smallest absolute Gasteiger partial charge is 0.274 e. The fourth-order valence-electron chi connectivity index (χ4n) is 3.70. The van der Waals surface area contributed by atoms with Crippen molar-refractivity contribution in [3.8, 4) is 0 Å².